The number of carbonyl (C=O) groups is 3. The van der Waals surface area contributed by atoms with Gasteiger partial charge in [-0.25, -0.2) is 4.79 Å². The summed E-state index contributed by atoms with van der Waals surface area (Å²) < 4.78 is 1.76. The molecule has 3 aromatic carbocycles. The third kappa shape index (κ3) is 5.48. The van der Waals surface area contributed by atoms with Crippen molar-refractivity contribution in [3.63, 3.8) is 0 Å². The lowest BCUT2D eigenvalue weighted by Gasteiger charge is -2.08. The molecule has 1 aromatic heterocycles. The SMILES string of the molecule is Cc1cccc(NC(=O)Cn2cc(/C=C(/C#N)C(=O)Nc3cccc(C(=O)O)c3)c3ccccc32)c1. The summed E-state index contributed by atoms with van der Waals surface area (Å²) in [6, 6.07) is 22.6. The Morgan fingerprint density at radius 3 is 2.42 bits per heavy atom. The Labute approximate surface area is 207 Å². The maximum absolute atomic E-state index is 12.8. The highest BCUT2D eigenvalue weighted by Gasteiger charge is 2.15. The van der Waals surface area contributed by atoms with E-state index in [1.165, 1.54) is 30.3 Å². The van der Waals surface area contributed by atoms with Gasteiger partial charge in [-0.1, -0.05) is 36.4 Å². The van der Waals surface area contributed by atoms with E-state index in [0.29, 0.717) is 11.3 Å². The number of nitriles is 1. The van der Waals surface area contributed by atoms with Crippen LogP contribution < -0.4 is 10.6 Å². The molecular formula is C28H22N4O4. The first-order valence-electron chi connectivity index (χ1n) is 11.0. The van der Waals surface area contributed by atoms with E-state index in [1.807, 2.05) is 61.5 Å². The normalized spacial score (nSPS) is 11.1. The van der Waals surface area contributed by atoms with Crippen LogP contribution in [0.25, 0.3) is 17.0 Å². The quantitative estimate of drug-likeness (QED) is 0.259. The van der Waals surface area contributed by atoms with E-state index < -0.39 is 11.9 Å². The van der Waals surface area contributed by atoms with E-state index in [2.05, 4.69) is 10.6 Å². The molecule has 0 spiro atoms. The molecule has 0 aliphatic heterocycles. The predicted octanol–water partition coefficient (Wildman–Crippen LogP) is 4.83. The van der Waals surface area contributed by atoms with Crippen molar-refractivity contribution in [1.82, 2.24) is 4.57 Å². The lowest BCUT2D eigenvalue weighted by molar-refractivity contribution is -0.116. The number of amides is 2. The van der Waals surface area contributed by atoms with Gasteiger partial charge in [-0.3, -0.25) is 9.59 Å². The van der Waals surface area contributed by atoms with Gasteiger partial charge < -0.3 is 20.3 Å². The molecule has 0 radical (unpaired) electrons. The van der Waals surface area contributed by atoms with Gasteiger partial charge in [0.2, 0.25) is 5.91 Å². The van der Waals surface area contributed by atoms with Crippen LogP contribution >= 0.6 is 0 Å². The van der Waals surface area contributed by atoms with Crippen LogP contribution in [0.5, 0.6) is 0 Å². The molecule has 36 heavy (non-hydrogen) atoms. The Hall–Kier alpha value is -5.16. The third-order valence-corrected chi connectivity index (χ3v) is 5.47. The van der Waals surface area contributed by atoms with Crippen LogP contribution in [0.2, 0.25) is 0 Å². The van der Waals surface area contributed by atoms with Crippen molar-refractivity contribution in [1.29, 1.82) is 5.26 Å². The molecule has 1 heterocycles. The Balaban J connectivity index is 1.59. The average molecular weight is 479 g/mol. The number of hydrogen-bond acceptors (Lipinski definition) is 4. The van der Waals surface area contributed by atoms with Crippen LogP contribution in [-0.2, 0) is 16.1 Å². The maximum atomic E-state index is 12.8. The van der Waals surface area contributed by atoms with E-state index in [4.69, 9.17) is 5.11 Å². The number of rotatable bonds is 7. The number of para-hydroxylation sites is 1. The van der Waals surface area contributed by atoms with Crippen molar-refractivity contribution in [3.05, 3.63) is 101 Å². The molecule has 2 amide bonds. The molecular weight excluding hydrogens is 456 g/mol. The lowest BCUT2D eigenvalue weighted by Crippen LogP contribution is -2.18. The van der Waals surface area contributed by atoms with Crippen LogP contribution in [-0.4, -0.2) is 27.5 Å². The Morgan fingerprint density at radius 2 is 1.69 bits per heavy atom. The molecule has 0 fully saturated rings. The number of nitrogens with one attached hydrogen (secondary N) is 2. The molecule has 0 aliphatic rings. The predicted molar refractivity (Wildman–Crippen MR) is 137 cm³/mol. The summed E-state index contributed by atoms with van der Waals surface area (Å²) in [7, 11) is 0. The molecule has 4 aromatic rings. The van der Waals surface area contributed by atoms with Crippen LogP contribution in [0.15, 0.2) is 84.6 Å². The topological polar surface area (TPSA) is 124 Å². The molecule has 8 nitrogen and oxygen atoms in total. The summed E-state index contributed by atoms with van der Waals surface area (Å²) in [4.78, 5) is 36.6. The Bertz CT molecular complexity index is 1560. The van der Waals surface area contributed by atoms with E-state index in [9.17, 15) is 19.6 Å². The zero-order valence-electron chi connectivity index (χ0n) is 19.4. The van der Waals surface area contributed by atoms with Crippen LogP contribution in [0.1, 0.15) is 21.5 Å². The minimum Gasteiger partial charge on any atom is -0.478 e. The van der Waals surface area contributed by atoms with Gasteiger partial charge >= 0.3 is 5.97 Å². The number of anilines is 2. The van der Waals surface area contributed by atoms with Gasteiger partial charge in [0.1, 0.15) is 18.2 Å². The summed E-state index contributed by atoms with van der Waals surface area (Å²) in [5.41, 5.74) is 3.21. The second-order valence-corrected chi connectivity index (χ2v) is 8.16. The zero-order chi connectivity index (χ0) is 25.7. The van der Waals surface area contributed by atoms with E-state index in [-0.39, 0.29) is 29.3 Å². The number of carboxylic acid groups (broad SMARTS) is 1. The fourth-order valence-corrected chi connectivity index (χ4v) is 3.83. The molecule has 178 valence electrons. The number of nitrogens with zero attached hydrogens (tertiary/aromatic N) is 2. The number of benzene rings is 3. The summed E-state index contributed by atoms with van der Waals surface area (Å²) in [6.45, 7) is 1.98. The summed E-state index contributed by atoms with van der Waals surface area (Å²) in [5.74, 6) is -2.01. The highest BCUT2D eigenvalue weighted by atomic mass is 16.4. The van der Waals surface area contributed by atoms with Gasteiger partial charge in [0.05, 0.1) is 5.56 Å². The van der Waals surface area contributed by atoms with Gasteiger partial charge in [-0.05, 0) is 55.0 Å². The van der Waals surface area contributed by atoms with Crippen LogP contribution in [0.4, 0.5) is 11.4 Å². The highest BCUT2D eigenvalue weighted by Crippen LogP contribution is 2.24. The standard InChI is InChI=1S/C28H22N4O4/c1-18-6-4-8-22(12-18)30-26(33)17-32-16-21(24-10-2-3-11-25(24)32)13-20(15-29)27(34)31-23-9-5-7-19(14-23)28(35)36/h2-14,16H,17H2,1H3,(H,30,33)(H,31,34)(H,35,36)/b20-13-. The Morgan fingerprint density at radius 1 is 0.972 bits per heavy atom. The van der Waals surface area contributed by atoms with Crippen molar-refractivity contribution < 1.29 is 19.5 Å². The number of aromatic nitrogens is 1. The summed E-state index contributed by atoms with van der Waals surface area (Å²) in [6.07, 6.45) is 3.17. The first-order chi connectivity index (χ1) is 17.3. The zero-order valence-corrected chi connectivity index (χ0v) is 19.4. The first kappa shape index (κ1) is 24.0. The maximum Gasteiger partial charge on any atom is 0.335 e. The molecule has 0 saturated heterocycles. The third-order valence-electron chi connectivity index (χ3n) is 5.47. The van der Waals surface area contributed by atoms with Crippen molar-refractivity contribution >= 4 is 46.1 Å². The summed E-state index contributed by atoms with van der Waals surface area (Å²) in [5, 5.41) is 25.0. The number of hydrogen-bond donors (Lipinski definition) is 3. The molecule has 0 aliphatic carbocycles. The smallest absolute Gasteiger partial charge is 0.335 e. The van der Waals surface area contributed by atoms with E-state index >= 15 is 0 Å². The molecule has 0 saturated carbocycles. The minimum absolute atomic E-state index is 0.0160. The lowest BCUT2D eigenvalue weighted by atomic mass is 10.1. The van der Waals surface area contributed by atoms with Crippen molar-refractivity contribution in [2.45, 2.75) is 13.5 Å². The second kappa shape index (κ2) is 10.4. The number of aryl methyl sites for hydroxylation is 1. The van der Waals surface area contributed by atoms with Crippen LogP contribution in [0, 0.1) is 18.3 Å². The molecule has 0 atom stereocenters. The van der Waals surface area contributed by atoms with Crippen LogP contribution in [0.3, 0.4) is 0 Å². The van der Waals surface area contributed by atoms with Gasteiger partial charge in [0, 0.05) is 34.0 Å². The van der Waals surface area contributed by atoms with Crippen molar-refractivity contribution in [2.24, 2.45) is 0 Å². The second-order valence-electron chi connectivity index (χ2n) is 8.16. The Kier molecular flexibility index (Phi) is 6.93. The van der Waals surface area contributed by atoms with Gasteiger partial charge in [0.15, 0.2) is 0 Å². The minimum atomic E-state index is -1.12. The van der Waals surface area contributed by atoms with Gasteiger partial charge in [-0.15, -0.1) is 0 Å². The number of carbonyl (C=O) groups excluding carboxylic acids is 2. The molecule has 0 unspecified atom stereocenters. The average Bonchev–Trinajstić information content (AvgIpc) is 3.19. The molecule has 4 rings (SSSR count). The highest BCUT2D eigenvalue weighted by molar-refractivity contribution is 6.11. The van der Waals surface area contributed by atoms with Gasteiger partial charge in [0.25, 0.3) is 5.91 Å². The first-order valence-corrected chi connectivity index (χ1v) is 11.0. The molecule has 8 heteroatoms. The molecule has 0 bridgehead atoms. The monoisotopic (exact) mass is 478 g/mol. The fourth-order valence-electron chi connectivity index (χ4n) is 3.83. The largest absolute Gasteiger partial charge is 0.478 e. The number of aromatic carboxylic acids is 1. The molecule has 3 N–H and O–H groups in total. The number of carboxylic acids is 1. The van der Waals surface area contributed by atoms with Crippen molar-refractivity contribution in [3.8, 4) is 6.07 Å². The van der Waals surface area contributed by atoms with E-state index in [1.54, 1.807) is 10.8 Å². The van der Waals surface area contributed by atoms with Crippen molar-refractivity contribution in [2.75, 3.05) is 10.6 Å². The number of fused-ring (bicyclic) bond motifs is 1. The van der Waals surface area contributed by atoms with E-state index in [0.717, 1.165) is 16.5 Å². The van der Waals surface area contributed by atoms with Gasteiger partial charge in [-0.2, -0.15) is 5.26 Å². The summed E-state index contributed by atoms with van der Waals surface area (Å²) >= 11 is 0. The fraction of sp³-hybridized carbons (Fsp3) is 0.0714.